The van der Waals surface area contributed by atoms with Gasteiger partial charge < -0.3 is 15.2 Å². The minimum Gasteiger partial charge on any atom is -0.497 e. The van der Waals surface area contributed by atoms with E-state index in [9.17, 15) is 14.4 Å². The van der Waals surface area contributed by atoms with Gasteiger partial charge in [0, 0.05) is 10.4 Å². The molecule has 1 aromatic carbocycles. The fraction of sp³-hybridized carbons (Fsp3) is 0.350. The lowest BCUT2D eigenvalue weighted by atomic mass is 10.0. The van der Waals surface area contributed by atoms with E-state index in [1.165, 1.54) is 11.3 Å². The zero-order valence-corrected chi connectivity index (χ0v) is 17.8. The second kappa shape index (κ2) is 9.25. The number of methoxy groups -OCH3 is 1. The number of ketones is 1. The molecule has 150 valence electrons. The first-order valence-electron chi connectivity index (χ1n) is 8.66. The lowest BCUT2D eigenvalue weighted by molar-refractivity contribution is -0.138. The van der Waals surface area contributed by atoms with Gasteiger partial charge in [0.15, 0.2) is 5.78 Å². The van der Waals surface area contributed by atoms with Gasteiger partial charge in [-0.15, -0.1) is 23.1 Å². The predicted octanol–water partition coefficient (Wildman–Crippen LogP) is 4.09. The van der Waals surface area contributed by atoms with Crippen molar-refractivity contribution in [2.75, 3.05) is 18.2 Å². The molecule has 1 aromatic heterocycles. The number of thiophene rings is 1. The van der Waals surface area contributed by atoms with Crippen LogP contribution in [0.4, 0.5) is 5.00 Å². The molecule has 0 spiro atoms. The van der Waals surface area contributed by atoms with Gasteiger partial charge in [-0.2, -0.15) is 0 Å². The van der Waals surface area contributed by atoms with E-state index in [1.807, 2.05) is 6.92 Å². The summed E-state index contributed by atoms with van der Waals surface area (Å²) < 4.78 is 4.05. The molecule has 0 saturated carbocycles. The average Bonchev–Trinajstić information content (AvgIpc) is 3.08. The molecular weight excluding hydrogens is 398 g/mol. The van der Waals surface area contributed by atoms with Crippen LogP contribution in [0.2, 0.25) is 0 Å². The summed E-state index contributed by atoms with van der Waals surface area (Å²) in [5.41, 5.74) is 0.931. The van der Waals surface area contributed by atoms with Crippen LogP contribution in [0.5, 0.6) is 5.75 Å². The third-order valence-corrected chi connectivity index (χ3v) is 6.56. The monoisotopic (exact) mass is 421 g/mol. The van der Waals surface area contributed by atoms with E-state index in [-0.39, 0.29) is 17.4 Å². The van der Waals surface area contributed by atoms with Crippen molar-refractivity contribution >= 4 is 45.8 Å². The van der Waals surface area contributed by atoms with Crippen LogP contribution in [-0.4, -0.2) is 40.4 Å². The largest absolute Gasteiger partial charge is 0.497 e. The molecule has 8 heteroatoms. The fourth-order valence-corrected chi connectivity index (χ4v) is 3.94. The molecule has 0 aliphatic carbocycles. The van der Waals surface area contributed by atoms with E-state index < -0.39 is 10.7 Å². The highest BCUT2D eigenvalue weighted by Crippen LogP contribution is 2.32. The van der Waals surface area contributed by atoms with Crippen LogP contribution in [0.25, 0.3) is 0 Å². The zero-order valence-electron chi connectivity index (χ0n) is 16.2. The SMILES string of the molecule is CCc1cc(C(=O)c2ccc(OC)cc2)c(NC(=O)CSC(C)(C)C(=O)O)s1. The summed E-state index contributed by atoms with van der Waals surface area (Å²) in [6.45, 7) is 5.07. The summed E-state index contributed by atoms with van der Waals surface area (Å²) >= 11 is 2.39. The maximum Gasteiger partial charge on any atom is 0.319 e. The van der Waals surface area contributed by atoms with Crippen LogP contribution >= 0.6 is 23.1 Å². The van der Waals surface area contributed by atoms with Gasteiger partial charge in [0.1, 0.15) is 15.5 Å². The van der Waals surface area contributed by atoms with Crippen molar-refractivity contribution in [1.82, 2.24) is 0 Å². The highest BCUT2D eigenvalue weighted by molar-refractivity contribution is 8.02. The average molecular weight is 422 g/mol. The molecule has 1 heterocycles. The lowest BCUT2D eigenvalue weighted by Gasteiger charge is -2.17. The number of carbonyl (C=O) groups excluding carboxylic acids is 2. The molecule has 0 aliphatic rings. The van der Waals surface area contributed by atoms with Crippen molar-refractivity contribution in [1.29, 1.82) is 0 Å². The highest BCUT2D eigenvalue weighted by atomic mass is 32.2. The van der Waals surface area contributed by atoms with Gasteiger partial charge in [-0.1, -0.05) is 6.92 Å². The minimum atomic E-state index is -1.07. The van der Waals surface area contributed by atoms with Crippen molar-refractivity contribution in [3.63, 3.8) is 0 Å². The Hall–Kier alpha value is -2.32. The van der Waals surface area contributed by atoms with Gasteiger partial charge in [0.05, 0.1) is 18.4 Å². The molecule has 0 bridgehead atoms. The number of aryl methyl sites for hydroxylation is 1. The summed E-state index contributed by atoms with van der Waals surface area (Å²) in [7, 11) is 1.56. The minimum absolute atomic E-state index is 0.0190. The van der Waals surface area contributed by atoms with Crippen molar-refractivity contribution < 1.29 is 24.2 Å². The summed E-state index contributed by atoms with van der Waals surface area (Å²) in [5.74, 6) is -0.873. The first kappa shape index (κ1) is 22.0. The van der Waals surface area contributed by atoms with E-state index in [4.69, 9.17) is 9.84 Å². The molecule has 2 N–H and O–H groups in total. The van der Waals surface area contributed by atoms with Crippen LogP contribution in [-0.2, 0) is 16.0 Å². The van der Waals surface area contributed by atoms with Crippen LogP contribution in [0, 0.1) is 0 Å². The number of carboxylic acid groups (broad SMARTS) is 1. The molecule has 0 aliphatic heterocycles. The number of hydrogen-bond acceptors (Lipinski definition) is 6. The summed E-state index contributed by atoms with van der Waals surface area (Å²) in [5, 5.41) is 12.4. The predicted molar refractivity (Wildman–Crippen MR) is 113 cm³/mol. The maximum absolute atomic E-state index is 12.9. The molecule has 2 rings (SSSR count). The van der Waals surface area contributed by atoms with Gasteiger partial charge in [-0.05, 0) is 50.6 Å². The molecule has 1 amide bonds. The van der Waals surface area contributed by atoms with Gasteiger partial charge in [-0.25, -0.2) is 0 Å². The Morgan fingerprint density at radius 2 is 1.86 bits per heavy atom. The quantitative estimate of drug-likeness (QED) is 0.593. The Morgan fingerprint density at radius 1 is 1.21 bits per heavy atom. The van der Waals surface area contributed by atoms with Gasteiger partial charge in [0.25, 0.3) is 0 Å². The third kappa shape index (κ3) is 5.36. The normalized spacial score (nSPS) is 11.1. The van der Waals surface area contributed by atoms with Crippen LogP contribution in [0.15, 0.2) is 30.3 Å². The number of aliphatic carboxylic acids is 1. The smallest absolute Gasteiger partial charge is 0.319 e. The number of carbonyl (C=O) groups is 3. The number of thioether (sulfide) groups is 1. The maximum atomic E-state index is 12.9. The van der Waals surface area contributed by atoms with E-state index in [1.54, 1.807) is 51.3 Å². The van der Waals surface area contributed by atoms with Gasteiger partial charge >= 0.3 is 5.97 Å². The molecule has 0 saturated heterocycles. The number of amides is 1. The first-order chi connectivity index (χ1) is 13.2. The third-order valence-electron chi connectivity index (χ3n) is 4.06. The van der Waals surface area contributed by atoms with Crippen LogP contribution in [0.1, 0.15) is 41.6 Å². The lowest BCUT2D eigenvalue weighted by Crippen LogP contribution is -2.29. The number of hydrogen-bond donors (Lipinski definition) is 2. The number of ether oxygens (including phenoxy) is 1. The van der Waals surface area contributed by atoms with E-state index in [2.05, 4.69) is 5.32 Å². The summed E-state index contributed by atoms with van der Waals surface area (Å²) in [6.07, 6.45) is 0.740. The topological polar surface area (TPSA) is 92.7 Å². The van der Waals surface area contributed by atoms with Crippen molar-refractivity contribution in [2.45, 2.75) is 31.9 Å². The van der Waals surface area contributed by atoms with Crippen LogP contribution in [0.3, 0.4) is 0 Å². The molecule has 0 unspecified atom stereocenters. The summed E-state index contributed by atoms with van der Waals surface area (Å²) in [4.78, 5) is 37.4. The Labute approximate surface area is 172 Å². The molecule has 6 nitrogen and oxygen atoms in total. The van der Waals surface area contributed by atoms with Crippen molar-refractivity contribution in [2.24, 2.45) is 0 Å². The van der Waals surface area contributed by atoms with Crippen molar-refractivity contribution in [3.05, 3.63) is 46.3 Å². The molecule has 0 atom stereocenters. The van der Waals surface area contributed by atoms with Gasteiger partial charge in [-0.3, -0.25) is 14.4 Å². The Morgan fingerprint density at radius 3 is 2.39 bits per heavy atom. The number of nitrogens with one attached hydrogen (secondary N) is 1. The second-order valence-electron chi connectivity index (χ2n) is 6.52. The van der Waals surface area contributed by atoms with Crippen molar-refractivity contribution in [3.8, 4) is 5.75 Å². The number of benzene rings is 1. The Bertz CT molecular complexity index is 871. The summed E-state index contributed by atoms with van der Waals surface area (Å²) in [6, 6.07) is 8.58. The zero-order chi connectivity index (χ0) is 20.9. The second-order valence-corrected chi connectivity index (χ2v) is 9.25. The molecule has 28 heavy (non-hydrogen) atoms. The van der Waals surface area contributed by atoms with E-state index in [0.29, 0.717) is 21.9 Å². The van der Waals surface area contributed by atoms with Crippen LogP contribution < -0.4 is 10.1 Å². The van der Waals surface area contributed by atoms with E-state index in [0.717, 1.165) is 23.1 Å². The number of rotatable bonds is 9. The molecule has 0 fully saturated rings. The number of anilines is 1. The molecule has 2 aromatic rings. The molecular formula is C20H23NO5S2. The highest BCUT2D eigenvalue weighted by Gasteiger charge is 2.29. The van der Waals surface area contributed by atoms with Gasteiger partial charge in [0.2, 0.25) is 5.91 Å². The standard InChI is InChI=1S/C20H23NO5S2/c1-5-14-10-15(17(23)12-6-8-13(26-4)9-7-12)18(28-14)21-16(22)11-27-20(2,3)19(24)25/h6-10H,5,11H2,1-4H3,(H,21,22)(H,24,25). The van der Waals surface area contributed by atoms with E-state index >= 15 is 0 Å². The molecule has 0 radical (unpaired) electrons. The Kier molecular flexibility index (Phi) is 7.26. The Balaban J connectivity index is 2.18. The first-order valence-corrected chi connectivity index (χ1v) is 10.5. The fourth-order valence-electron chi connectivity index (χ4n) is 2.25. The number of carboxylic acids is 1.